The molecule has 2 amide bonds. The van der Waals surface area contributed by atoms with Crippen molar-refractivity contribution in [3.05, 3.63) is 35.1 Å². The molecular formula is C25H31N5O4. The standard InChI is InChI=1S/C25H31N5O4/c1-5-16(2)27-23(31)24(32)30-10-8-29(9-11-30)22-18(14-26)17-13-25(3,4)34-15-19(17)21(28-22)20-7-6-12-33-20/h6-7,12,16H,5,8-11,13,15H2,1-4H3,(H,27,31). The number of carbonyl (C=O) groups excluding carboxylic acids is 2. The van der Waals surface area contributed by atoms with E-state index in [4.69, 9.17) is 14.1 Å². The molecule has 1 unspecified atom stereocenters. The number of nitriles is 1. The second kappa shape index (κ2) is 9.47. The Morgan fingerprint density at radius 3 is 2.62 bits per heavy atom. The molecule has 4 heterocycles. The van der Waals surface area contributed by atoms with Gasteiger partial charge in [-0.05, 0) is 44.9 Å². The lowest BCUT2D eigenvalue weighted by Gasteiger charge is -2.38. The van der Waals surface area contributed by atoms with E-state index in [-0.39, 0.29) is 6.04 Å². The number of piperazine rings is 1. The summed E-state index contributed by atoms with van der Waals surface area (Å²) in [6.45, 7) is 9.90. The third kappa shape index (κ3) is 4.64. The minimum absolute atomic E-state index is 0.0520. The summed E-state index contributed by atoms with van der Waals surface area (Å²) in [7, 11) is 0. The number of rotatable bonds is 4. The van der Waals surface area contributed by atoms with Crippen LogP contribution in [0.4, 0.5) is 5.82 Å². The number of aromatic nitrogens is 1. The Bertz CT molecular complexity index is 1110. The number of hydrogen-bond acceptors (Lipinski definition) is 7. The fraction of sp³-hybridized carbons (Fsp3) is 0.520. The molecule has 0 bridgehead atoms. The number of nitrogens with one attached hydrogen (secondary N) is 1. The highest BCUT2D eigenvalue weighted by Gasteiger charge is 2.35. The molecule has 4 rings (SSSR count). The highest BCUT2D eigenvalue weighted by Crippen LogP contribution is 2.39. The molecule has 9 heteroatoms. The molecule has 2 aromatic heterocycles. The molecule has 2 aliphatic rings. The molecule has 1 atom stereocenters. The first kappa shape index (κ1) is 23.8. The summed E-state index contributed by atoms with van der Waals surface area (Å²) in [5, 5.41) is 12.8. The number of amides is 2. The van der Waals surface area contributed by atoms with Gasteiger partial charge in [0, 0.05) is 44.2 Å². The van der Waals surface area contributed by atoms with E-state index in [2.05, 4.69) is 11.4 Å². The molecule has 2 aromatic rings. The Balaban J connectivity index is 1.62. The van der Waals surface area contributed by atoms with Crippen molar-refractivity contribution in [2.75, 3.05) is 31.1 Å². The second-order valence-corrected chi connectivity index (χ2v) is 9.49. The SMILES string of the molecule is CCC(C)NC(=O)C(=O)N1CCN(c2nc(-c3ccco3)c3c(c2C#N)CC(C)(C)OC3)CC1. The van der Waals surface area contributed by atoms with E-state index in [0.29, 0.717) is 62.0 Å². The molecule has 0 aromatic carbocycles. The molecular weight excluding hydrogens is 434 g/mol. The number of carbonyl (C=O) groups is 2. The smallest absolute Gasteiger partial charge is 0.312 e. The lowest BCUT2D eigenvalue weighted by atomic mass is 9.87. The van der Waals surface area contributed by atoms with Crippen molar-refractivity contribution in [3.8, 4) is 17.5 Å². The van der Waals surface area contributed by atoms with Crippen LogP contribution in [0.25, 0.3) is 11.5 Å². The zero-order valence-electron chi connectivity index (χ0n) is 20.2. The van der Waals surface area contributed by atoms with Gasteiger partial charge >= 0.3 is 11.8 Å². The summed E-state index contributed by atoms with van der Waals surface area (Å²) in [6, 6.07) is 5.99. The molecule has 0 spiro atoms. The number of anilines is 1. The van der Waals surface area contributed by atoms with Crippen LogP contribution in [-0.4, -0.2) is 59.5 Å². The molecule has 9 nitrogen and oxygen atoms in total. The first-order chi connectivity index (χ1) is 16.2. The molecule has 180 valence electrons. The zero-order valence-corrected chi connectivity index (χ0v) is 20.2. The van der Waals surface area contributed by atoms with Crippen molar-refractivity contribution < 1.29 is 18.7 Å². The maximum Gasteiger partial charge on any atom is 0.312 e. The van der Waals surface area contributed by atoms with Crippen molar-refractivity contribution >= 4 is 17.6 Å². The third-order valence-corrected chi connectivity index (χ3v) is 6.52. The van der Waals surface area contributed by atoms with Gasteiger partial charge in [0.25, 0.3) is 0 Å². The van der Waals surface area contributed by atoms with Gasteiger partial charge in [0.15, 0.2) is 5.76 Å². The van der Waals surface area contributed by atoms with Crippen molar-refractivity contribution in [2.45, 2.75) is 58.8 Å². The van der Waals surface area contributed by atoms with E-state index in [1.54, 1.807) is 11.2 Å². The number of furan rings is 1. The summed E-state index contributed by atoms with van der Waals surface area (Å²) in [4.78, 5) is 33.3. The van der Waals surface area contributed by atoms with Gasteiger partial charge in [0.2, 0.25) is 0 Å². The molecule has 1 N–H and O–H groups in total. The highest BCUT2D eigenvalue weighted by atomic mass is 16.5. The molecule has 0 aliphatic carbocycles. The molecule has 1 fully saturated rings. The van der Waals surface area contributed by atoms with Crippen molar-refractivity contribution in [2.24, 2.45) is 0 Å². The summed E-state index contributed by atoms with van der Waals surface area (Å²) in [5.41, 5.74) is 2.63. The van der Waals surface area contributed by atoms with Gasteiger partial charge in [-0.1, -0.05) is 6.92 Å². The van der Waals surface area contributed by atoms with Gasteiger partial charge in [-0.3, -0.25) is 9.59 Å². The van der Waals surface area contributed by atoms with Crippen LogP contribution in [0.1, 0.15) is 50.8 Å². The van der Waals surface area contributed by atoms with E-state index >= 15 is 0 Å². The summed E-state index contributed by atoms with van der Waals surface area (Å²) in [6.07, 6.45) is 2.94. The summed E-state index contributed by atoms with van der Waals surface area (Å²) < 4.78 is 11.7. The Hall–Kier alpha value is -3.38. The van der Waals surface area contributed by atoms with Gasteiger partial charge in [-0.2, -0.15) is 5.26 Å². The fourth-order valence-corrected chi connectivity index (χ4v) is 4.37. The monoisotopic (exact) mass is 465 g/mol. The number of hydrogen-bond donors (Lipinski definition) is 1. The second-order valence-electron chi connectivity index (χ2n) is 9.49. The van der Waals surface area contributed by atoms with Gasteiger partial charge in [-0.25, -0.2) is 4.98 Å². The third-order valence-electron chi connectivity index (χ3n) is 6.52. The first-order valence-corrected chi connectivity index (χ1v) is 11.7. The quantitative estimate of drug-likeness (QED) is 0.691. The minimum atomic E-state index is -0.574. The molecule has 34 heavy (non-hydrogen) atoms. The van der Waals surface area contributed by atoms with Crippen molar-refractivity contribution in [3.63, 3.8) is 0 Å². The maximum atomic E-state index is 12.6. The number of nitrogens with zero attached hydrogens (tertiary/aromatic N) is 4. The van der Waals surface area contributed by atoms with Crippen LogP contribution in [0.3, 0.4) is 0 Å². The highest BCUT2D eigenvalue weighted by molar-refractivity contribution is 6.35. The van der Waals surface area contributed by atoms with E-state index < -0.39 is 17.4 Å². The van der Waals surface area contributed by atoms with Crippen LogP contribution in [0, 0.1) is 11.3 Å². The van der Waals surface area contributed by atoms with Gasteiger partial charge in [-0.15, -0.1) is 0 Å². The lowest BCUT2D eigenvalue weighted by molar-refractivity contribution is -0.146. The minimum Gasteiger partial charge on any atom is -0.463 e. The lowest BCUT2D eigenvalue weighted by Crippen LogP contribution is -2.53. The number of pyridine rings is 1. The average molecular weight is 466 g/mol. The maximum absolute atomic E-state index is 12.6. The number of fused-ring (bicyclic) bond motifs is 1. The normalized spacial score (nSPS) is 18.1. The van der Waals surface area contributed by atoms with Crippen molar-refractivity contribution in [1.82, 2.24) is 15.2 Å². The van der Waals surface area contributed by atoms with E-state index in [9.17, 15) is 14.9 Å². The largest absolute Gasteiger partial charge is 0.463 e. The van der Waals surface area contributed by atoms with Crippen LogP contribution >= 0.6 is 0 Å². The summed E-state index contributed by atoms with van der Waals surface area (Å²) >= 11 is 0. The molecule has 0 saturated carbocycles. The van der Waals surface area contributed by atoms with E-state index in [1.807, 2.05) is 44.7 Å². The van der Waals surface area contributed by atoms with Crippen molar-refractivity contribution in [1.29, 1.82) is 5.26 Å². The summed E-state index contributed by atoms with van der Waals surface area (Å²) in [5.74, 6) is 0.117. The zero-order chi connectivity index (χ0) is 24.5. The Morgan fingerprint density at radius 1 is 1.26 bits per heavy atom. The number of ether oxygens (including phenoxy) is 1. The molecule has 2 aliphatic heterocycles. The van der Waals surface area contributed by atoms with Crippen LogP contribution in [0.5, 0.6) is 0 Å². The van der Waals surface area contributed by atoms with Crippen LogP contribution < -0.4 is 10.2 Å². The van der Waals surface area contributed by atoms with Gasteiger partial charge in [0.05, 0.1) is 24.0 Å². The molecule has 1 saturated heterocycles. The van der Waals surface area contributed by atoms with Gasteiger partial charge in [0.1, 0.15) is 17.6 Å². The predicted molar refractivity (Wildman–Crippen MR) is 126 cm³/mol. The van der Waals surface area contributed by atoms with Crippen LogP contribution in [0.15, 0.2) is 22.8 Å². The van der Waals surface area contributed by atoms with E-state index in [0.717, 1.165) is 17.5 Å². The predicted octanol–water partition coefficient (Wildman–Crippen LogP) is 2.63. The topological polar surface area (TPSA) is 112 Å². The Kier molecular flexibility index (Phi) is 6.62. The van der Waals surface area contributed by atoms with Crippen LogP contribution in [-0.2, 0) is 27.4 Å². The fourth-order valence-electron chi connectivity index (χ4n) is 4.37. The average Bonchev–Trinajstić information content (AvgIpc) is 3.36. The Morgan fingerprint density at radius 2 is 2.00 bits per heavy atom. The first-order valence-electron chi connectivity index (χ1n) is 11.7. The molecule has 0 radical (unpaired) electrons. The Labute approximate surface area is 199 Å². The van der Waals surface area contributed by atoms with Crippen LogP contribution in [0.2, 0.25) is 0 Å². The van der Waals surface area contributed by atoms with Gasteiger partial charge < -0.3 is 24.3 Å². The van der Waals surface area contributed by atoms with E-state index in [1.165, 1.54) is 0 Å².